The number of H-pyrrole nitrogens is 2. The zero-order chi connectivity index (χ0) is 17.7. The van der Waals surface area contributed by atoms with E-state index in [1.165, 1.54) is 32.9 Å². The quantitative estimate of drug-likeness (QED) is 0.569. The Kier molecular flexibility index (Phi) is 3.62. The van der Waals surface area contributed by atoms with Crippen molar-refractivity contribution in [2.24, 2.45) is 0 Å². The second-order valence-electron chi connectivity index (χ2n) is 7.49. The van der Waals surface area contributed by atoms with Crippen LogP contribution in [0.2, 0.25) is 0 Å². The minimum atomic E-state index is 0.401. The lowest BCUT2D eigenvalue weighted by atomic mass is 9.96. The maximum absolute atomic E-state index is 3.43. The van der Waals surface area contributed by atoms with Crippen LogP contribution in [-0.4, -0.2) is 47.0 Å². The van der Waals surface area contributed by atoms with Crippen molar-refractivity contribution in [1.82, 2.24) is 19.8 Å². The van der Waals surface area contributed by atoms with E-state index in [0.29, 0.717) is 12.1 Å². The van der Waals surface area contributed by atoms with Gasteiger partial charge < -0.3 is 9.97 Å². The van der Waals surface area contributed by atoms with Gasteiger partial charge in [0.05, 0.1) is 0 Å². The Balaban J connectivity index is 1.48. The van der Waals surface area contributed by atoms with Gasteiger partial charge >= 0.3 is 0 Å². The third-order valence-corrected chi connectivity index (χ3v) is 5.95. The minimum absolute atomic E-state index is 0.401. The summed E-state index contributed by atoms with van der Waals surface area (Å²) in [6, 6.07) is 18.0. The normalized spacial score (nSPS) is 22.4. The molecule has 1 aliphatic rings. The van der Waals surface area contributed by atoms with Crippen molar-refractivity contribution >= 4 is 21.8 Å². The second kappa shape index (κ2) is 6.01. The van der Waals surface area contributed by atoms with Crippen molar-refractivity contribution in [2.75, 3.05) is 27.2 Å². The molecule has 26 heavy (non-hydrogen) atoms. The number of benzene rings is 2. The third-order valence-electron chi connectivity index (χ3n) is 5.95. The highest BCUT2D eigenvalue weighted by molar-refractivity contribution is 5.84. The summed E-state index contributed by atoms with van der Waals surface area (Å²) in [6.07, 6.45) is 4.37. The number of rotatable bonds is 2. The molecule has 1 saturated heterocycles. The van der Waals surface area contributed by atoms with E-state index in [9.17, 15) is 0 Å². The van der Waals surface area contributed by atoms with Crippen molar-refractivity contribution in [1.29, 1.82) is 0 Å². The highest BCUT2D eigenvalue weighted by Crippen LogP contribution is 2.37. The molecule has 3 heterocycles. The van der Waals surface area contributed by atoms with E-state index in [-0.39, 0.29) is 0 Å². The van der Waals surface area contributed by atoms with Crippen molar-refractivity contribution in [3.05, 3.63) is 72.1 Å². The number of nitrogens with one attached hydrogen (secondary N) is 2. The molecule has 2 atom stereocenters. The van der Waals surface area contributed by atoms with Gasteiger partial charge in [0.25, 0.3) is 0 Å². The number of piperazine rings is 1. The Morgan fingerprint density at radius 1 is 0.692 bits per heavy atom. The molecule has 2 aromatic heterocycles. The average molecular weight is 344 g/mol. The first-order valence-electron chi connectivity index (χ1n) is 9.25. The number of likely N-dealkylation sites (N-methyl/N-ethyl adjacent to an activating group) is 2. The molecule has 4 aromatic rings. The number of hydrogen-bond acceptors (Lipinski definition) is 2. The fraction of sp³-hybridized carbons (Fsp3) is 0.273. The number of aromatic amines is 2. The third kappa shape index (κ3) is 2.37. The largest absolute Gasteiger partial charge is 0.361 e. The standard InChI is InChI=1S/C22H24N4/c1-25-13-22(18-12-24-20-10-6-4-8-16(18)20)26(2)14-21(25)17-11-23-19-9-5-3-7-15(17)19/h3-12,21-24H,13-14H2,1-2H3. The van der Waals surface area contributed by atoms with E-state index < -0.39 is 0 Å². The van der Waals surface area contributed by atoms with Crippen molar-refractivity contribution in [2.45, 2.75) is 12.1 Å². The number of aromatic nitrogens is 2. The summed E-state index contributed by atoms with van der Waals surface area (Å²) in [5.41, 5.74) is 5.23. The predicted molar refractivity (Wildman–Crippen MR) is 107 cm³/mol. The molecule has 0 spiro atoms. The van der Waals surface area contributed by atoms with Gasteiger partial charge in [-0.15, -0.1) is 0 Å². The first-order valence-corrected chi connectivity index (χ1v) is 9.25. The Hall–Kier alpha value is -2.56. The monoisotopic (exact) mass is 344 g/mol. The van der Waals surface area contributed by atoms with E-state index in [4.69, 9.17) is 0 Å². The zero-order valence-electron chi connectivity index (χ0n) is 15.2. The van der Waals surface area contributed by atoms with Gasteiger partial charge in [0.2, 0.25) is 0 Å². The first kappa shape index (κ1) is 15.7. The van der Waals surface area contributed by atoms with Gasteiger partial charge in [0, 0.05) is 59.4 Å². The van der Waals surface area contributed by atoms with Crippen molar-refractivity contribution in [3.8, 4) is 0 Å². The van der Waals surface area contributed by atoms with Crippen LogP contribution in [0.25, 0.3) is 21.8 Å². The second-order valence-corrected chi connectivity index (χ2v) is 7.49. The molecule has 5 rings (SSSR count). The summed E-state index contributed by atoms with van der Waals surface area (Å²) < 4.78 is 0. The first-order chi connectivity index (χ1) is 12.7. The lowest BCUT2D eigenvalue weighted by molar-refractivity contribution is 0.0636. The van der Waals surface area contributed by atoms with Gasteiger partial charge in [-0.25, -0.2) is 0 Å². The number of nitrogens with zero attached hydrogens (tertiary/aromatic N) is 2. The molecule has 0 bridgehead atoms. The van der Waals surface area contributed by atoms with Crippen LogP contribution in [0.5, 0.6) is 0 Å². The maximum Gasteiger partial charge on any atom is 0.0494 e. The Morgan fingerprint density at radius 3 is 1.58 bits per heavy atom. The van der Waals surface area contributed by atoms with E-state index >= 15 is 0 Å². The van der Waals surface area contributed by atoms with E-state index in [2.05, 4.69) is 94.8 Å². The molecule has 0 radical (unpaired) electrons. The molecule has 2 aromatic carbocycles. The minimum Gasteiger partial charge on any atom is -0.361 e. The Bertz CT molecular complexity index is 974. The predicted octanol–water partition coefficient (Wildman–Crippen LogP) is 4.31. The molecule has 1 aliphatic heterocycles. The number of fused-ring (bicyclic) bond motifs is 2. The molecule has 0 saturated carbocycles. The molecular weight excluding hydrogens is 320 g/mol. The summed E-state index contributed by atoms with van der Waals surface area (Å²) in [5.74, 6) is 0. The number of para-hydroxylation sites is 2. The van der Waals surface area contributed by atoms with Gasteiger partial charge in [-0.2, -0.15) is 0 Å². The smallest absolute Gasteiger partial charge is 0.0494 e. The number of hydrogen-bond donors (Lipinski definition) is 2. The molecule has 2 N–H and O–H groups in total. The van der Waals surface area contributed by atoms with Crippen LogP contribution in [-0.2, 0) is 0 Å². The highest BCUT2D eigenvalue weighted by atomic mass is 15.3. The van der Waals surface area contributed by atoms with Crippen LogP contribution >= 0.6 is 0 Å². The Labute approximate surface area is 153 Å². The van der Waals surface area contributed by atoms with Crippen LogP contribution in [0.3, 0.4) is 0 Å². The fourth-order valence-electron chi connectivity index (χ4n) is 4.49. The summed E-state index contributed by atoms with van der Waals surface area (Å²) >= 11 is 0. The maximum atomic E-state index is 3.43. The molecule has 0 amide bonds. The van der Waals surface area contributed by atoms with Gasteiger partial charge in [-0.3, -0.25) is 9.80 Å². The van der Waals surface area contributed by atoms with Crippen LogP contribution < -0.4 is 0 Å². The van der Waals surface area contributed by atoms with Crippen LogP contribution in [0.1, 0.15) is 23.2 Å². The van der Waals surface area contributed by atoms with E-state index in [0.717, 1.165) is 13.1 Å². The van der Waals surface area contributed by atoms with E-state index in [1.807, 2.05) is 0 Å². The zero-order valence-corrected chi connectivity index (χ0v) is 15.2. The van der Waals surface area contributed by atoms with Gasteiger partial charge in [-0.1, -0.05) is 36.4 Å². The Morgan fingerprint density at radius 2 is 1.12 bits per heavy atom. The van der Waals surface area contributed by atoms with Gasteiger partial charge in [0.15, 0.2) is 0 Å². The summed E-state index contributed by atoms with van der Waals surface area (Å²) in [7, 11) is 4.50. The lowest BCUT2D eigenvalue weighted by Crippen LogP contribution is -2.46. The van der Waals surface area contributed by atoms with Crippen molar-refractivity contribution < 1.29 is 0 Å². The fourth-order valence-corrected chi connectivity index (χ4v) is 4.49. The van der Waals surface area contributed by atoms with Crippen LogP contribution in [0.4, 0.5) is 0 Å². The lowest BCUT2D eigenvalue weighted by Gasteiger charge is -2.43. The van der Waals surface area contributed by atoms with Gasteiger partial charge in [0.1, 0.15) is 0 Å². The molecule has 4 heteroatoms. The molecule has 0 aliphatic carbocycles. The molecule has 4 nitrogen and oxygen atoms in total. The average Bonchev–Trinajstić information content (AvgIpc) is 3.27. The topological polar surface area (TPSA) is 38.1 Å². The van der Waals surface area contributed by atoms with Crippen LogP contribution in [0, 0.1) is 0 Å². The SMILES string of the molecule is CN1CC(c2c[nH]c3ccccc23)N(C)CC1c1c[nH]c2ccccc12. The molecule has 132 valence electrons. The van der Waals surface area contributed by atoms with Gasteiger partial charge in [-0.05, 0) is 37.4 Å². The van der Waals surface area contributed by atoms with Crippen LogP contribution in [0.15, 0.2) is 60.9 Å². The highest BCUT2D eigenvalue weighted by Gasteiger charge is 2.33. The molecule has 1 fully saturated rings. The summed E-state index contributed by atoms with van der Waals surface area (Å²) in [4.78, 5) is 11.9. The van der Waals surface area contributed by atoms with E-state index in [1.54, 1.807) is 0 Å². The summed E-state index contributed by atoms with van der Waals surface area (Å²) in [5, 5.41) is 2.67. The molecule has 2 unspecified atom stereocenters. The van der Waals surface area contributed by atoms with Crippen molar-refractivity contribution in [3.63, 3.8) is 0 Å². The molecular formula is C22H24N4. The summed E-state index contributed by atoms with van der Waals surface area (Å²) in [6.45, 7) is 2.03.